The van der Waals surface area contributed by atoms with E-state index >= 15 is 0 Å². The lowest BCUT2D eigenvalue weighted by molar-refractivity contribution is 1.25. The second-order valence-corrected chi connectivity index (χ2v) is 3.56. The smallest absolute Gasteiger partial charge is 0.0789 e. The standard InChI is InChI=1S/C10H13NS/c1-7-5-6-9(12-4)10(11-3)8(7)2/h5-6H,3H2,1-2,4H3. The molecule has 0 unspecified atom stereocenters. The Labute approximate surface area is 77.9 Å². The number of nitrogens with zero attached hydrogens (tertiary/aromatic N) is 1. The Kier molecular flexibility index (Phi) is 2.93. The van der Waals surface area contributed by atoms with Gasteiger partial charge in [-0.3, -0.25) is 4.99 Å². The van der Waals surface area contributed by atoms with Crippen molar-refractivity contribution in [2.24, 2.45) is 4.99 Å². The molecule has 0 amide bonds. The molecule has 12 heavy (non-hydrogen) atoms. The van der Waals surface area contributed by atoms with Gasteiger partial charge in [0.05, 0.1) is 5.69 Å². The third-order valence-corrected chi connectivity index (χ3v) is 2.81. The van der Waals surface area contributed by atoms with Gasteiger partial charge in [-0.25, -0.2) is 0 Å². The van der Waals surface area contributed by atoms with Crippen LogP contribution < -0.4 is 0 Å². The van der Waals surface area contributed by atoms with Gasteiger partial charge in [-0.15, -0.1) is 11.8 Å². The zero-order valence-corrected chi connectivity index (χ0v) is 8.53. The summed E-state index contributed by atoms with van der Waals surface area (Å²) in [5.41, 5.74) is 3.54. The van der Waals surface area contributed by atoms with Crippen molar-refractivity contribution in [3.63, 3.8) is 0 Å². The predicted octanol–water partition coefficient (Wildman–Crippen LogP) is 3.36. The molecule has 0 aliphatic carbocycles. The average Bonchev–Trinajstić information content (AvgIpc) is 2.09. The van der Waals surface area contributed by atoms with Gasteiger partial charge in [-0.05, 0) is 44.0 Å². The second-order valence-electron chi connectivity index (χ2n) is 2.72. The highest BCUT2D eigenvalue weighted by Crippen LogP contribution is 2.32. The van der Waals surface area contributed by atoms with Crippen LogP contribution in [0.25, 0.3) is 0 Å². The van der Waals surface area contributed by atoms with Crippen LogP contribution in [0.1, 0.15) is 11.1 Å². The third kappa shape index (κ3) is 1.53. The quantitative estimate of drug-likeness (QED) is 0.501. The minimum Gasteiger partial charge on any atom is -0.263 e. The predicted molar refractivity (Wildman–Crippen MR) is 56.9 cm³/mol. The third-order valence-electron chi connectivity index (χ3n) is 2.04. The van der Waals surface area contributed by atoms with Crippen LogP contribution in [0.3, 0.4) is 0 Å². The number of benzene rings is 1. The lowest BCUT2D eigenvalue weighted by Crippen LogP contribution is -1.83. The van der Waals surface area contributed by atoms with E-state index in [1.54, 1.807) is 11.8 Å². The summed E-state index contributed by atoms with van der Waals surface area (Å²) in [6.45, 7) is 7.75. The number of rotatable bonds is 2. The largest absolute Gasteiger partial charge is 0.263 e. The molecule has 0 spiro atoms. The molecule has 0 fully saturated rings. The van der Waals surface area contributed by atoms with Gasteiger partial charge >= 0.3 is 0 Å². The zero-order valence-electron chi connectivity index (χ0n) is 7.72. The number of aliphatic imine (C=N–C) groups is 1. The van der Waals surface area contributed by atoms with Crippen LogP contribution in [-0.2, 0) is 0 Å². The minimum absolute atomic E-state index is 1.03. The second kappa shape index (κ2) is 3.76. The molecule has 0 radical (unpaired) electrons. The molecular formula is C10H13NS. The Hall–Kier alpha value is -0.760. The Morgan fingerprint density at radius 1 is 1.33 bits per heavy atom. The summed E-state index contributed by atoms with van der Waals surface area (Å²) in [5, 5.41) is 0. The molecule has 64 valence electrons. The Morgan fingerprint density at radius 3 is 2.50 bits per heavy atom. The highest BCUT2D eigenvalue weighted by molar-refractivity contribution is 7.98. The van der Waals surface area contributed by atoms with E-state index in [4.69, 9.17) is 0 Å². The number of thioether (sulfide) groups is 1. The Balaban J connectivity index is 3.35. The first kappa shape index (κ1) is 9.33. The monoisotopic (exact) mass is 179 g/mol. The van der Waals surface area contributed by atoms with Crippen molar-refractivity contribution in [2.75, 3.05) is 6.26 Å². The fourth-order valence-electron chi connectivity index (χ4n) is 1.14. The van der Waals surface area contributed by atoms with Crippen LogP contribution in [0.15, 0.2) is 22.0 Å². The molecule has 1 rings (SSSR count). The van der Waals surface area contributed by atoms with Crippen molar-refractivity contribution in [1.82, 2.24) is 0 Å². The summed E-state index contributed by atoms with van der Waals surface area (Å²) in [5.74, 6) is 0. The van der Waals surface area contributed by atoms with Gasteiger partial charge in [0.15, 0.2) is 0 Å². The van der Waals surface area contributed by atoms with Crippen LogP contribution in [0.2, 0.25) is 0 Å². The van der Waals surface area contributed by atoms with Gasteiger partial charge in [0, 0.05) is 4.90 Å². The van der Waals surface area contributed by atoms with Gasteiger partial charge in [0.25, 0.3) is 0 Å². The van der Waals surface area contributed by atoms with Crippen LogP contribution >= 0.6 is 11.8 Å². The number of hydrogen-bond acceptors (Lipinski definition) is 2. The van der Waals surface area contributed by atoms with Crippen LogP contribution in [0, 0.1) is 13.8 Å². The molecule has 0 heterocycles. The molecule has 1 aromatic carbocycles. The maximum Gasteiger partial charge on any atom is 0.0789 e. The molecule has 0 aromatic heterocycles. The molecule has 0 N–H and O–H groups in total. The highest BCUT2D eigenvalue weighted by atomic mass is 32.2. The van der Waals surface area contributed by atoms with Gasteiger partial charge in [0.1, 0.15) is 0 Å². The fourth-order valence-corrected chi connectivity index (χ4v) is 1.75. The molecule has 0 atom stereocenters. The number of aryl methyl sites for hydroxylation is 1. The summed E-state index contributed by atoms with van der Waals surface area (Å²) in [6.07, 6.45) is 2.05. The lowest BCUT2D eigenvalue weighted by atomic mass is 10.1. The van der Waals surface area contributed by atoms with E-state index in [0.29, 0.717) is 0 Å². The highest BCUT2D eigenvalue weighted by Gasteiger charge is 2.04. The van der Waals surface area contributed by atoms with E-state index in [9.17, 15) is 0 Å². The maximum atomic E-state index is 4.03. The summed E-state index contributed by atoms with van der Waals surface area (Å²) in [4.78, 5) is 5.23. The van der Waals surface area contributed by atoms with Crippen LogP contribution in [0.4, 0.5) is 5.69 Å². The lowest BCUT2D eigenvalue weighted by Gasteiger charge is -2.07. The molecule has 1 aromatic rings. The molecule has 0 bridgehead atoms. The van der Waals surface area contributed by atoms with E-state index in [1.165, 1.54) is 16.0 Å². The first-order valence-electron chi connectivity index (χ1n) is 3.81. The molecular weight excluding hydrogens is 166 g/mol. The van der Waals surface area contributed by atoms with Crippen molar-refractivity contribution in [3.8, 4) is 0 Å². The summed E-state index contributed by atoms with van der Waals surface area (Å²) < 4.78 is 0. The maximum absolute atomic E-state index is 4.03. The first-order valence-corrected chi connectivity index (χ1v) is 5.04. The Bertz CT molecular complexity index is 305. The minimum atomic E-state index is 1.03. The van der Waals surface area contributed by atoms with Gasteiger partial charge in [-0.2, -0.15) is 0 Å². The van der Waals surface area contributed by atoms with Crippen molar-refractivity contribution in [1.29, 1.82) is 0 Å². The van der Waals surface area contributed by atoms with E-state index < -0.39 is 0 Å². The average molecular weight is 179 g/mol. The summed E-state index contributed by atoms with van der Waals surface area (Å²) in [6, 6.07) is 4.22. The van der Waals surface area contributed by atoms with Crippen LogP contribution in [0.5, 0.6) is 0 Å². The van der Waals surface area contributed by atoms with Crippen LogP contribution in [-0.4, -0.2) is 13.0 Å². The molecule has 0 saturated carbocycles. The van der Waals surface area contributed by atoms with Crippen molar-refractivity contribution >= 4 is 24.2 Å². The SMILES string of the molecule is C=Nc1c(SC)ccc(C)c1C. The van der Waals surface area contributed by atoms with E-state index in [0.717, 1.165) is 5.69 Å². The molecule has 0 saturated heterocycles. The fraction of sp³-hybridized carbons (Fsp3) is 0.300. The molecule has 2 heteroatoms. The van der Waals surface area contributed by atoms with E-state index in [2.05, 4.69) is 43.9 Å². The van der Waals surface area contributed by atoms with Gasteiger partial charge in [0.2, 0.25) is 0 Å². The zero-order chi connectivity index (χ0) is 9.14. The molecule has 0 aliphatic rings. The van der Waals surface area contributed by atoms with Crippen molar-refractivity contribution in [3.05, 3.63) is 23.3 Å². The first-order chi connectivity index (χ1) is 5.70. The normalized spacial score (nSPS) is 9.92. The van der Waals surface area contributed by atoms with E-state index in [-0.39, 0.29) is 0 Å². The summed E-state index contributed by atoms with van der Waals surface area (Å²) >= 11 is 1.71. The van der Waals surface area contributed by atoms with Crippen molar-refractivity contribution < 1.29 is 0 Å². The van der Waals surface area contributed by atoms with Crippen molar-refractivity contribution in [2.45, 2.75) is 18.7 Å². The van der Waals surface area contributed by atoms with E-state index in [1.807, 2.05) is 0 Å². The Morgan fingerprint density at radius 2 is 2.00 bits per heavy atom. The molecule has 1 nitrogen and oxygen atoms in total. The molecule has 0 aliphatic heterocycles. The van der Waals surface area contributed by atoms with Gasteiger partial charge < -0.3 is 0 Å². The topological polar surface area (TPSA) is 12.4 Å². The summed E-state index contributed by atoms with van der Waals surface area (Å²) in [7, 11) is 0. The van der Waals surface area contributed by atoms with Gasteiger partial charge in [-0.1, -0.05) is 6.07 Å². The number of hydrogen-bond donors (Lipinski definition) is 0.